The van der Waals surface area contributed by atoms with Crippen molar-refractivity contribution in [2.45, 2.75) is 6.92 Å². The van der Waals surface area contributed by atoms with E-state index in [1.807, 2.05) is 13.0 Å². The van der Waals surface area contributed by atoms with Crippen molar-refractivity contribution >= 4 is 28.6 Å². The van der Waals surface area contributed by atoms with E-state index in [-0.39, 0.29) is 10.8 Å². The minimum absolute atomic E-state index is 0.130. The SMILES string of the molecule is CCOc1ccc(Nc2ccc(F)cc2C(N)=S)cn1. The Morgan fingerprint density at radius 3 is 2.80 bits per heavy atom. The number of nitrogens with zero attached hydrogens (tertiary/aromatic N) is 1. The van der Waals surface area contributed by atoms with E-state index in [4.69, 9.17) is 22.7 Å². The lowest BCUT2D eigenvalue weighted by Gasteiger charge is -2.11. The van der Waals surface area contributed by atoms with Gasteiger partial charge in [-0.05, 0) is 31.2 Å². The molecule has 0 saturated heterocycles. The van der Waals surface area contributed by atoms with Crippen molar-refractivity contribution in [1.29, 1.82) is 0 Å². The highest BCUT2D eigenvalue weighted by Crippen LogP contribution is 2.22. The summed E-state index contributed by atoms with van der Waals surface area (Å²) in [6.07, 6.45) is 1.62. The molecule has 2 rings (SSSR count). The summed E-state index contributed by atoms with van der Waals surface area (Å²) >= 11 is 4.92. The Morgan fingerprint density at radius 2 is 2.20 bits per heavy atom. The van der Waals surface area contributed by atoms with Crippen LogP contribution in [0.15, 0.2) is 36.5 Å². The first-order chi connectivity index (χ1) is 9.60. The van der Waals surface area contributed by atoms with Gasteiger partial charge in [0.25, 0.3) is 0 Å². The number of rotatable bonds is 5. The maximum Gasteiger partial charge on any atom is 0.213 e. The second-order valence-electron chi connectivity index (χ2n) is 4.00. The zero-order valence-electron chi connectivity index (χ0n) is 10.9. The molecule has 1 aromatic heterocycles. The standard InChI is InChI=1S/C14H14FN3OS/c1-2-19-13-6-4-10(8-17-13)18-12-5-3-9(15)7-11(12)14(16)20/h3-8,18H,2H2,1H3,(H2,16,20). The number of nitrogens with two attached hydrogens (primary N) is 1. The van der Waals surface area contributed by atoms with Crippen LogP contribution in [0.1, 0.15) is 12.5 Å². The van der Waals surface area contributed by atoms with Gasteiger partial charge in [-0.25, -0.2) is 9.37 Å². The monoisotopic (exact) mass is 291 g/mol. The number of halogens is 1. The van der Waals surface area contributed by atoms with E-state index in [1.165, 1.54) is 12.1 Å². The maximum absolute atomic E-state index is 13.2. The Bertz CT molecular complexity index is 616. The lowest BCUT2D eigenvalue weighted by atomic mass is 10.1. The topological polar surface area (TPSA) is 60.2 Å². The van der Waals surface area contributed by atoms with Crippen LogP contribution in [0.4, 0.5) is 15.8 Å². The van der Waals surface area contributed by atoms with Crippen molar-refractivity contribution < 1.29 is 9.13 Å². The lowest BCUT2D eigenvalue weighted by molar-refractivity contribution is 0.327. The number of hydrogen-bond acceptors (Lipinski definition) is 4. The molecule has 0 bridgehead atoms. The molecule has 0 aliphatic heterocycles. The molecule has 104 valence electrons. The van der Waals surface area contributed by atoms with Crippen LogP contribution in [0, 0.1) is 5.82 Å². The Balaban J connectivity index is 2.23. The second kappa shape index (κ2) is 6.29. The van der Waals surface area contributed by atoms with Crippen molar-refractivity contribution in [3.05, 3.63) is 47.9 Å². The van der Waals surface area contributed by atoms with Gasteiger partial charge in [0, 0.05) is 17.3 Å². The number of nitrogens with one attached hydrogen (secondary N) is 1. The minimum atomic E-state index is -0.386. The minimum Gasteiger partial charge on any atom is -0.478 e. The molecule has 0 amide bonds. The third-order valence-electron chi connectivity index (χ3n) is 2.55. The fraction of sp³-hybridized carbons (Fsp3) is 0.143. The highest BCUT2D eigenvalue weighted by atomic mass is 32.1. The van der Waals surface area contributed by atoms with E-state index in [2.05, 4.69) is 10.3 Å². The van der Waals surface area contributed by atoms with Crippen LogP contribution < -0.4 is 15.8 Å². The second-order valence-corrected chi connectivity index (χ2v) is 4.44. The highest BCUT2D eigenvalue weighted by molar-refractivity contribution is 7.80. The van der Waals surface area contributed by atoms with Crippen LogP contribution in [-0.4, -0.2) is 16.6 Å². The van der Waals surface area contributed by atoms with Gasteiger partial charge in [-0.1, -0.05) is 12.2 Å². The summed E-state index contributed by atoms with van der Waals surface area (Å²) in [7, 11) is 0. The lowest BCUT2D eigenvalue weighted by Crippen LogP contribution is -2.12. The number of benzene rings is 1. The van der Waals surface area contributed by atoms with E-state index in [9.17, 15) is 4.39 Å². The van der Waals surface area contributed by atoms with Gasteiger partial charge in [0.2, 0.25) is 5.88 Å². The van der Waals surface area contributed by atoms with Crippen molar-refractivity contribution in [3.63, 3.8) is 0 Å². The summed E-state index contributed by atoms with van der Waals surface area (Å²) in [6.45, 7) is 2.45. The summed E-state index contributed by atoms with van der Waals surface area (Å²) in [5.41, 5.74) is 7.41. The van der Waals surface area contributed by atoms with Crippen molar-refractivity contribution in [3.8, 4) is 5.88 Å². The number of aromatic nitrogens is 1. The largest absolute Gasteiger partial charge is 0.478 e. The number of ether oxygens (including phenoxy) is 1. The molecule has 2 aromatic rings. The van der Waals surface area contributed by atoms with E-state index in [0.29, 0.717) is 23.7 Å². The van der Waals surface area contributed by atoms with Crippen LogP contribution >= 0.6 is 12.2 Å². The maximum atomic E-state index is 13.2. The van der Waals surface area contributed by atoms with Gasteiger partial charge in [0.15, 0.2) is 0 Å². The Hall–Kier alpha value is -2.21. The normalized spacial score (nSPS) is 10.1. The van der Waals surface area contributed by atoms with Gasteiger partial charge in [-0.15, -0.1) is 0 Å². The molecular weight excluding hydrogens is 277 g/mol. The molecule has 1 aromatic carbocycles. The van der Waals surface area contributed by atoms with Crippen molar-refractivity contribution in [2.75, 3.05) is 11.9 Å². The van der Waals surface area contributed by atoms with E-state index in [1.54, 1.807) is 18.3 Å². The molecule has 4 nitrogen and oxygen atoms in total. The zero-order chi connectivity index (χ0) is 14.5. The molecule has 6 heteroatoms. The average Bonchev–Trinajstić information content (AvgIpc) is 2.43. The Labute approximate surface area is 121 Å². The molecule has 0 saturated carbocycles. The van der Waals surface area contributed by atoms with Gasteiger partial charge in [0.1, 0.15) is 10.8 Å². The highest BCUT2D eigenvalue weighted by Gasteiger charge is 2.07. The quantitative estimate of drug-likeness (QED) is 0.829. The molecule has 0 aliphatic rings. The first kappa shape index (κ1) is 14.2. The van der Waals surface area contributed by atoms with Gasteiger partial charge >= 0.3 is 0 Å². The van der Waals surface area contributed by atoms with Gasteiger partial charge < -0.3 is 15.8 Å². The number of pyridine rings is 1. The summed E-state index contributed by atoms with van der Waals surface area (Å²) < 4.78 is 18.5. The van der Waals surface area contributed by atoms with E-state index in [0.717, 1.165) is 5.69 Å². The number of hydrogen-bond donors (Lipinski definition) is 2. The smallest absolute Gasteiger partial charge is 0.213 e. The molecule has 0 fully saturated rings. The first-order valence-corrected chi connectivity index (χ1v) is 6.46. The van der Waals surface area contributed by atoms with Crippen molar-refractivity contribution in [1.82, 2.24) is 4.98 Å². The molecule has 0 spiro atoms. The van der Waals surface area contributed by atoms with Crippen LogP contribution in [0.2, 0.25) is 0 Å². The Kier molecular flexibility index (Phi) is 4.47. The van der Waals surface area contributed by atoms with Crippen LogP contribution in [0.5, 0.6) is 5.88 Å². The molecule has 0 radical (unpaired) electrons. The van der Waals surface area contributed by atoms with E-state index < -0.39 is 0 Å². The number of thiocarbonyl (C=S) groups is 1. The van der Waals surface area contributed by atoms with Crippen LogP contribution in [0.3, 0.4) is 0 Å². The van der Waals surface area contributed by atoms with Gasteiger partial charge in [-0.3, -0.25) is 0 Å². The molecule has 0 aliphatic carbocycles. The van der Waals surface area contributed by atoms with Crippen molar-refractivity contribution in [2.24, 2.45) is 5.73 Å². The average molecular weight is 291 g/mol. The van der Waals surface area contributed by atoms with Gasteiger partial charge in [0.05, 0.1) is 18.5 Å². The summed E-state index contributed by atoms with van der Waals surface area (Å²) in [5.74, 6) is 0.162. The Morgan fingerprint density at radius 1 is 1.40 bits per heavy atom. The van der Waals surface area contributed by atoms with Gasteiger partial charge in [-0.2, -0.15) is 0 Å². The molecule has 3 N–H and O–H groups in total. The first-order valence-electron chi connectivity index (χ1n) is 6.05. The third-order valence-corrected chi connectivity index (χ3v) is 2.77. The molecule has 0 atom stereocenters. The predicted molar refractivity (Wildman–Crippen MR) is 81.0 cm³/mol. The summed E-state index contributed by atoms with van der Waals surface area (Å²) in [5, 5.41) is 3.10. The van der Waals surface area contributed by atoms with E-state index >= 15 is 0 Å². The predicted octanol–water partition coefficient (Wildman–Crippen LogP) is 3.00. The summed E-state index contributed by atoms with van der Waals surface area (Å²) in [6, 6.07) is 7.78. The zero-order valence-corrected chi connectivity index (χ0v) is 11.7. The summed E-state index contributed by atoms with van der Waals surface area (Å²) in [4.78, 5) is 4.26. The molecule has 1 heterocycles. The van der Waals surface area contributed by atoms with Crippen LogP contribution in [-0.2, 0) is 0 Å². The molecule has 20 heavy (non-hydrogen) atoms. The third kappa shape index (κ3) is 3.42. The fourth-order valence-electron chi connectivity index (χ4n) is 1.67. The van der Waals surface area contributed by atoms with Crippen LogP contribution in [0.25, 0.3) is 0 Å². The number of anilines is 2. The molecule has 0 unspecified atom stereocenters. The fourth-order valence-corrected chi connectivity index (χ4v) is 1.84. The molecular formula is C14H14FN3OS.